The highest BCUT2D eigenvalue weighted by atomic mass is 32.2. The Morgan fingerprint density at radius 2 is 2.13 bits per heavy atom. The van der Waals surface area contributed by atoms with Crippen LogP contribution in [0.5, 0.6) is 0 Å². The maximum absolute atomic E-state index is 13.3. The van der Waals surface area contributed by atoms with E-state index in [1.54, 1.807) is 0 Å². The van der Waals surface area contributed by atoms with Crippen LogP contribution in [0.3, 0.4) is 0 Å². The average molecular weight is 339 g/mol. The van der Waals surface area contributed by atoms with Gasteiger partial charge in [0.25, 0.3) is 10.0 Å². The van der Waals surface area contributed by atoms with Gasteiger partial charge in [-0.2, -0.15) is 4.31 Å². The summed E-state index contributed by atoms with van der Waals surface area (Å²) in [5.41, 5.74) is 0.247. The molecule has 23 heavy (non-hydrogen) atoms. The number of piperidine rings is 1. The van der Waals surface area contributed by atoms with Crippen LogP contribution in [0.4, 0.5) is 4.39 Å². The Hall–Kier alpha value is -1.93. The highest BCUT2D eigenvalue weighted by molar-refractivity contribution is 7.89. The van der Waals surface area contributed by atoms with Crippen molar-refractivity contribution in [2.45, 2.75) is 30.5 Å². The lowest BCUT2D eigenvalue weighted by Crippen LogP contribution is -2.43. The van der Waals surface area contributed by atoms with Crippen LogP contribution >= 0.6 is 0 Å². The van der Waals surface area contributed by atoms with Crippen LogP contribution in [0.15, 0.2) is 33.8 Å². The predicted molar refractivity (Wildman–Crippen MR) is 77.7 cm³/mol. The number of hydrogen-bond donors (Lipinski definition) is 1. The number of hydrogen-bond acceptors (Lipinski definition) is 4. The third kappa shape index (κ3) is 2.01. The smallest absolute Gasteiger partial charge is 0.322 e. The van der Waals surface area contributed by atoms with E-state index in [1.165, 1.54) is 24.3 Å². The second-order valence-corrected chi connectivity index (χ2v) is 7.96. The summed E-state index contributed by atoms with van der Waals surface area (Å²) in [5.74, 6) is -1.44. The van der Waals surface area contributed by atoms with Gasteiger partial charge in [0.15, 0.2) is 0 Å². The lowest BCUT2D eigenvalue weighted by molar-refractivity contribution is -0.141. The van der Waals surface area contributed by atoms with Gasteiger partial charge in [0.2, 0.25) is 5.09 Å². The molecule has 1 aromatic heterocycles. The molecule has 1 saturated carbocycles. The Morgan fingerprint density at radius 3 is 2.83 bits per heavy atom. The molecular weight excluding hydrogens is 325 g/mol. The van der Waals surface area contributed by atoms with Crippen LogP contribution in [0.1, 0.15) is 13.3 Å². The molecule has 2 aromatic rings. The Morgan fingerprint density at radius 1 is 1.39 bits per heavy atom. The van der Waals surface area contributed by atoms with E-state index in [1.807, 2.05) is 6.92 Å². The Bertz CT molecular complexity index is 921. The molecular formula is C15H14FNO5S. The van der Waals surface area contributed by atoms with Gasteiger partial charge in [-0.15, -0.1) is 0 Å². The molecule has 1 saturated heterocycles. The highest BCUT2D eigenvalue weighted by Crippen LogP contribution is 2.55. The molecule has 2 heterocycles. The Balaban J connectivity index is 1.80. The van der Waals surface area contributed by atoms with Gasteiger partial charge in [0, 0.05) is 17.5 Å². The standard InChI is InChI=1S/C15H14FNO5S/c1-7-10-6-11(15(18)19)17(14(7)10)23(20,21)13-5-8-4-9(16)2-3-12(8)22-13/h2-5,7,10-11,14H,6H2,1H3,(H,18,19)/t7-,10+,11-,14-/m0/s1. The molecule has 1 aliphatic heterocycles. The normalized spacial score (nSPS) is 30.5. The third-order valence-corrected chi connectivity index (χ3v) is 6.64. The third-order valence-electron chi connectivity index (χ3n) is 4.88. The second-order valence-electron chi connectivity index (χ2n) is 6.19. The lowest BCUT2D eigenvalue weighted by Gasteiger charge is -2.23. The van der Waals surface area contributed by atoms with Crippen molar-refractivity contribution in [1.29, 1.82) is 0 Å². The Kier molecular flexibility index (Phi) is 2.90. The van der Waals surface area contributed by atoms with E-state index in [9.17, 15) is 22.7 Å². The molecule has 2 fully saturated rings. The summed E-state index contributed by atoms with van der Waals surface area (Å²) in [5, 5.41) is 9.29. The number of carboxylic acid groups (broad SMARTS) is 1. The molecule has 0 bridgehead atoms. The van der Waals surface area contributed by atoms with Gasteiger partial charge in [-0.05, 0) is 36.5 Å². The summed E-state index contributed by atoms with van der Waals surface area (Å²) < 4.78 is 45.4. The second kappa shape index (κ2) is 4.55. The summed E-state index contributed by atoms with van der Waals surface area (Å²) in [4.78, 5) is 11.4. The van der Waals surface area contributed by atoms with E-state index in [0.717, 1.165) is 4.31 Å². The summed E-state index contributed by atoms with van der Waals surface area (Å²) >= 11 is 0. The number of furan rings is 1. The molecule has 122 valence electrons. The largest absolute Gasteiger partial charge is 0.480 e. The number of carboxylic acids is 1. The van der Waals surface area contributed by atoms with E-state index in [2.05, 4.69) is 0 Å². The zero-order chi connectivity index (χ0) is 16.5. The van der Waals surface area contributed by atoms with Gasteiger partial charge < -0.3 is 9.52 Å². The number of aliphatic carboxylic acids is 1. The maximum atomic E-state index is 13.3. The van der Waals surface area contributed by atoms with Crippen LogP contribution in [-0.2, 0) is 14.8 Å². The van der Waals surface area contributed by atoms with E-state index in [0.29, 0.717) is 11.8 Å². The van der Waals surface area contributed by atoms with Gasteiger partial charge in [-0.1, -0.05) is 6.92 Å². The van der Waals surface area contributed by atoms with Crippen molar-refractivity contribution in [3.63, 3.8) is 0 Å². The monoisotopic (exact) mass is 339 g/mol. The number of nitrogens with zero attached hydrogens (tertiary/aromatic N) is 1. The van der Waals surface area contributed by atoms with Crippen molar-refractivity contribution >= 4 is 27.0 Å². The minimum atomic E-state index is -4.08. The molecule has 1 aromatic carbocycles. The van der Waals surface area contributed by atoms with Crippen LogP contribution in [0.25, 0.3) is 11.0 Å². The number of carbonyl (C=O) groups is 1. The number of rotatable bonds is 3. The van der Waals surface area contributed by atoms with Crippen LogP contribution in [0, 0.1) is 17.7 Å². The van der Waals surface area contributed by atoms with E-state index < -0.39 is 27.9 Å². The van der Waals surface area contributed by atoms with Crippen molar-refractivity contribution in [3.8, 4) is 0 Å². The van der Waals surface area contributed by atoms with E-state index in [4.69, 9.17) is 4.42 Å². The maximum Gasteiger partial charge on any atom is 0.322 e. The molecule has 0 radical (unpaired) electrons. The molecule has 1 aliphatic carbocycles. The van der Waals surface area contributed by atoms with Gasteiger partial charge in [-0.25, -0.2) is 12.8 Å². The molecule has 4 atom stereocenters. The number of benzene rings is 1. The van der Waals surface area contributed by atoms with Gasteiger partial charge >= 0.3 is 5.97 Å². The first-order chi connectivity index (χ1) is 10.8. The van der Waals surface area contributed by atoms with E-state index >= 15 is 0 Å². The minimum Gasteiger partial charge on any atom is -0.480 e. The molecule has 2 aliphatic rings. The number of fused-ring (bicyclic) bond motifs is 2. The lowest BCUT2D eigenvalue weighted by atomic mass is 10.1. The summed E-state index contributed by atoms with van der Waals surface area (Å²) in [6, 6.07) is 3.58. The fourth-order valence-corrected chi connectivity index (χ4v) is 5.48. The molecule has 8 heteroatoms. The van der Waals surface area contributed by atoms with Crippen molar-refractivity contribution in [1.82, 2.24) is 4.31 Å². The topological polar surface area (TPSA) is 87.8 Å². The molecule has 1 N–H and O–H groups in total. The highest BCUT2D eigenvalue weighted by Gasteiger charge is 2.64. The Labute approximate surface area is 131 Å². The summed E-state index contributed by atoms with van der Waals surface area (Å²) in [6.07, 6.45) is 0.315. The van der Waals surface area contributed by atoms with E-state index in [-0.39, 0.29) is 28.6 Å². The number of sulfonamides is 1. The fourth-order valence-electron chi connectivity index (χ4n) is 3.62. The van der Waals surface area contributed by atoms with Crippen molar-refractivity contribution in [3.05, 3.63) is 30.1 Å². The average Bonchev–Trinajstić information content (AvgIpc) is 2.89. The first kappa shape index (κ1) is 14.6. The molecule has 0 amide bonds. The molecule has 0 unspecified atom stereocenters. The van der Waals surface area contributed by atoms with Crippen LogP contribution in [0.2, 0.25) is 0 Å². The zero-order valence-corrected chi connectivity index (χ0v) is 13.0. The molecule has 0 spiro atoms. The van der Waals surface area contributed by atoms with Crippen molar-refractivity contribution < 1.29 is 27.1 Å². The zero-order valence-electron chi connectivity index (χ0n) is 12.1. The molecule has 4 rings (SSSR count). The predicted octanol–water partition coefficient (Wildman–Crippen LogP) is 2.05. The van der Waals surface area contributed by atoms with Gasteiger partial charge in [0.1, 0.15) is 17.4 Å². The first-order valence-electron chi connectivity index (χ1n) is 7.26. The van der Waals surface area contributed by atoms with Crippen molar-refractivity contribution in [2.75, 3.05) is 0 Å². The van der Waals surface area contributed by atoms with Gasteiger partial charge in [0.05, 0.1) is 0 Å². The number of halogens is 1. The first-order valence-corrected chi connectivity index (χ1v) is 8.70. The van der Waals surface area contributed by atoms with Crippen LogP contribution in [-0.4, -0.2) is 35.9 Å². The van der Waals surface area contributed by atoms with Crippen molar-refractivity contribution in [2.24, 2.45) is 11.8 Å². The van der Waals surface area contributed by atoms with Gasteiger partial charge in [-0.3, -0.25) is 4.79 Å². The quantitative estimate of drug-likeness (QED) is 0.925. The molecule has 6 nitrogen and oxygen atoms in total. The fraction of sp³-hybridized carbons (Fsp3) is 0.400. The summed E-state index contributed by atoms with van der Waals surface area (Å²) in [6.45, 7) is 1.91. The minimum absolute atomic E-state index is 0.0766. The SMILES string of the molecule is C[C@H]1[C@H]2C[C@@H](C(=O)O)N(S(=O)(=O)c3cc4cc(F)ccc4o3)[C@@H]12. The van der Waals surface area contributed by atoms with Crippen LogP contribution < -0.4 is 0 Å². The summed E-state index contributed by atoms with van der Waals surface area (Å²) in [7, 11) is -4.08.